The van der Waals surface area contributed by atoms with Crippen LogP contribution in [0.4, 0.5) is 0 Å². The van der Waals surface area contributed by atoms with Crippen molar-refractivity contribution in [2.24, 2.45) is 0 Å². The highest BCUT2D eigenvalue weighted by Gasteiger charge is 2.20. The number of ether oxygens (including phenoxy) is 1. The predicted octanol–water partition coefficient (Wildman–Crippen LogP) is 7.62. The number of hydrogen-bond acceptors (Lipinski definition) is 3. The van der Waals surface area contributed by atoms with Crippen LogP contribution < -0.4 is 10.2 Å². The molecule has 0 aliphatic heterocycles. The van der Waals surface area contributed by atoms with Crippen molar-refractivity contribution in [2.75, 3.05) is 0 Å². The Morgan fingerprint density at radius 2 is 1.57 bits per heavy atom. The highest BCUT2D eigenvalue weighted by Crippen LogP contribution is 2.34. The molecule has 4 rings (SSSR count). The third-order valence-corrected chi connectivity index (χ3v) is 5.98. The van der Waals surface area contributed by atoms with Crippen LogP contribution in [0.1, 0.15) is 16.7 Å². The van der Waals surface area contributed by atoms with Gasteiger partial charge in [-0.3, -0.25) is 4.79 Å². The van der Waals surface area contributed by atoms with Crippen molar-refractivity contribution in [3.8, 4) is 17.1 Å². The normalized spacial score (nSPS) is 11.1. The Morgan fingerprint density at radius 3 is 2.23 bits per heavy atom. The van der Waals surface area contributed by atoms with E-state index in [-0.39, 0.29) is 17.8 Å². The molecule has 0 saturated heterocycles. The fourth-order valence-corrected chi connectivity index (χ4v) is 3.81. The molecule has 0 amide bonds. The van der Waals surface area contributed by atoms with Gasteiger partial charge in [-0.25, -0.2) is 0 Å². The van der Waals surface area contributed by atoms with Gasteiger partial charge in [-0.05, 0) is 43.7 Å². The van der Waals surface area contributed by atoms with Crippen LogP contribution in [0.3, 0.4) is 0 Å². The zero-order valence-electron chi connectivity index (χ0n) is 16.3. The van der Waals surface area contributed by atoms with Gasteiger partial charge in [-0.1, -0.05) is 70.7 Å². The third-order valence-electron chi connectivity index (χ3n) is 4.87. The van der Waals surface area contributed by atoms with E-state index in [1.54, 1.807) is 30.3 Å². The molecule has 0 aliphatic carbocycles. The van der Waals surface area contributed by atoms with E-state index >= 15 is 0 Å². The van der Waals surface area contributed by atoms with Crippen molar-refractivity contribution in [1.82, 2.24) is 0 Å². The third kappa shape index (κ3) is 3.93. The Balaban J connectivity index is 1.90. The zero-order chi connectivity index (χ0) is 21.4. The molecule has 30 heavy (non-hydrogen) atoms. The van der Waals surface area contributed by atoms with Gasteiger partial charge in [0.15, 0.2) is 5.76 Å². The summed E-state index contributed by atoms with van der Waals surface area (Å²) in [5, 5.41) is 1.76. The van der Waals surface area contributed by atoms with Crippen LogP contribution in [-0.4, -0.2) is 0 Å². The Bertz CT molecular complexity index is 1290. The molecule has 1 aromatic heterocycles. The quantitative estimate of drug-likeness (QED) is 0.315. The van der Waals surface area contributed by atoms with Gasteiger partial charge in [-0.2, -0.15) is 0 Å². The summed E-state index contributed by atoms with van der Waals surface area (Å²) in [6.07, 6.45) is 0. The van der Waals surface area contributed by atoms with E-state index < -0.39 is 0 Å². The van der Waals surface area contributed by atoms with Crippen LogP contribution in [0.5, 0.6) is 5.75 Å². The van der Waals surface area contributed by atoms with Crippen molar-refractivity contribution >= 4 is 45.8 Å². The minimum atomic E-state index is -0.308. The van der Waals surface area contributed by atoms with Gasteiger partial charge in [0.05, 0.1) is 5.39 Å². The highest BCUT2D eigenvalue weighted by molar-refractivity contribution is 6.36. The molecule has 1 heterocycles. The highest BCUT2D eigenvalue weighted by atomic mass is 35.5. The van der Waals surface area contributed by atoms with Crippen LogP contribution in [-0.2, 0) is 6.61 Å². The second kappa shape index (κ2) is 8.35. The van der Waals surface area contributed by atoms with Gasteiger partial charge >= 0.3 is 0 Å². The van der Waals surface area contributed by atoms with Gasteiger partial charge in [0.2, 0.25) is 11.2 Å². The zero-order valence-corrected chi connectivity index (χ0v) is 18.5. The molecule has 0 spiro atoms. The van der Waals surface area contributed by atoms with E-state index in [4.69, 9.17) is 44.0 Å². The minimum Gasteiger partial charge on any atom is -0.481 e. The summed E-state index contributed by atoms with van der Waals surface area (Å²) in [4.78, 5) is 13.3. The number of aryl methyl sites for hydroxylation is 2. The minimum absolute atomic E-state index is 0.0211. The van der Waals surface area contributed by atoms with Crippen LogP contribution in [0, 0.1) is 13.8 Å². The van der Waals surface area contributed by atoms with Crippen LogP contribution in [0.15, 0.2) is 63.8 Å². The summed E-state index contributed by atoms with van der Waals surface area (Å²) in [5.41, 5.74) is 3.37. The van der Waals surface area contributed by atoms with E-state index in [9.17, 15) is 4.79 Å². The topological polar surface area (TPSA) is 39.4 Å². The molecule has 0 N–H and O–H groups in total. The summed E-state index contributed by atoms with van der Waals surface area (Å²) in [6, 6.07) is 16.2. The first-order chi connectivity index (χ1) is 14.3. The van der Waals surface area contributed by atoms with Crippen molar-refractivity contribution in [2.45, 2.75) is 20.5 Å². The van der Waals surface area contributed by atoms with Crippen molar-refractivity contribution < 1.29 is 9.15 Å². The van der Waals surface area contributed by atoms with E-state index in [2.05, 4.69) is 0 Å². The molecule has 0 bridgehead atoms. The van der Waals surface area contributed by atoms with Crippen molar-refractivity contribution in [3.05, 3.63) is 96.6 Å². The Labute approximate surface area is 188 Å². The van der Waals surface area contributed by atoms with Gasteiger partial charge < -0.3 is 9.15 Å². The molecule has 6 heteroatoms. The molecule has 0 saturated carbocycles. The van der Waals surface area contributed by atoms with E-state index in [0.29, 0.717) is 37.4 Å². The number of benzene rings is 3. The molecule has 0 unspecified atom stereocenters. The van der Waals surface area contributed by atoms with Gasteiger partial charge in [0.25, 0.3) is 0 Å². The molecule has 0 aliphatic rings. The lowest BCUT2D eigenvalue weighted by atomic mass is 10.1. The molecule has 0 atom stereocenters. The maximum atomic E-state index is 13.3. The number of fused-ring (bicyclic) bond motifs is 1. The largest absolute Gasteiger partial charge is 0.481 e. The van der Waals surface area contributed by atoms with E-state index in [1.165, 1.54) is 0 Å². The number of halogens is 3. The summed E-state index contributed by atoms with van der Waals surface area (Å²) in [7, 11) is 0. The maximum Gasteiger partial charge on any atom is 0.235 e. The lowest BCUT2D eigenvalue weighted by molar-refractivity contribution is 0.298. The number of rotatable bonds is 4. The summed E-state index contributed by atoms with van der Waals surface area (Å²) < 4.78 is 12.1. The maximum absolute atomic E-state index is 13.3. The monoisotopic (exact) mass is 458 g/mol. The molecule has 0 radical (unpaired) electrons. The van der Waals surface area contributed by atoms with Crippen molar-refractivity contribution in [1.29, 1.82) is 0 Å². The molecule has 3 aromatic carbocycles. The van der Waals surface area contributed by atoms with Gasteiger partial charge in [0.1, 0.15) is 12.2 Å². The summed E-state index contributed by atoms with van der Waals surface area (Å²) in [5.74, 6) is 0.430. The van der Waals surface area contributed by atoms with Gasteiger partial charge in [-0.15, -0.1) is 0 Å². The molecular formula is C24H17Cl3O3. The fourth-order valence-electron chi connectivity index (χ4n) is 3.14. The standard InChI is InChI=1S/C24H17Cl3O3/c1-13-6-8-15(9-7-13)23-24(29-12-17-18(25)4-3-5-19(17)26)22(28)16-11-20(27)14(2)10-21(16)30-23/h3-11H,12H2,1-2H3. The molecule has 4 aromatic rings. The first-order valence-electron chi connectivity index (χ1n) is 9.25. The van der Waals surface area contributed by atoms with E-state index in [0.717, 1.165) is 16.7 Å². The molecule has 152 valence electrons. The summed E-state index contributed by atoms with van der Waals surface area (Å²) >= 11 is 18.8. The lowest BCUT2D eigenvalue weighted by Crippen LogP contribution is -2.11. The van der Waals surface area contributed by atoms with Crippen LogP contribution in [0.25, 0.3) is 22.3 Å². The molecular weight excluding hydrogens is 443 g/mol. The van der Waals surface area contributed by atoms with Gasteiger partial charge in [0, 0.05) is 26.2 Å². The Kier molecular flexibility index (Phi) is 5.79. The van der Waals surface area contributed by atoms with E-state index in [1.807, 2.05) is 38.1 Å². The molecule has 0 fully saturated rings. The first kappa shape index (κ1) is 20.8. The average Bonchev–Trinajstić information content (AvgIpc) is 2.71. The predicted molar refractivity (Wildman–Crippen MR) is 123 cm³/mol. The molecule has 3 nitrogen and oxygen atoms in total. The SMILES string of the molecule is Cc1ccc(-c2oc3cc(C)c(Cl)cc3c(=O)c2OCc2c(Cl)cccc2Cl)cc1. The number of hydrogen-bond donors (Lipinski definition) is 0. The Morgan fingerprint density at radius 1 is 0.900 bits per heavy atom. The summed E-state index contributed by atoms with van der Waals surface area (Å²) in [6.45, 7) is 3.87. The average molecular weight is 460 g/mol. The second-order valence-corrected chi connectivity index (χ2v) is 8.26. The Hall–Kier alpha value is -2.46. The second-order valence-electron chi connectivity index (χ2n) is 7.04. The smallest absolute Gasteiger partial charge is 0.235 e. The lowest BCUT2D eigenvalue weighted by Gasteiger charge is -2.14. The van der Waals surface area contributed by atoms with Crippen molar-refractivity contribution in [3.63, 3.8) is 0 Å². The van der Waals surface area contributed by atoms with Crippen LogP contribution >= 0.6 is 34.8 Å². The van der Waals surface area contributed by atoms with Crippen LogP contribution in [0.2, 0.25) is 15.1 Å². The first-order valence-corrected chi connectivity index (χ1v) is 10.4. The fraction of sp³-hybridized carbons (Fsp3) is 0.125.